The van der Waals surface area contributed by atoms with Gasteiger partial charge >= 0.3 is 0 Å². The van der Waals surface area contributed by atoms with Gasteiger partial charge in [0.1, 0.15) is 5.82 Å². The average Bonchev–Trinajstić information content (AvgIpc) is 2.49. The van der Waals surface area contributed by atoms with E-state index in [2.05, 4.69) is 41.5 Å². The van der Waals surface area contributed by atoms with Gasteiger partial charge in [-0.3, -0.25) is 0 Å². The molecule has 136 valence electrons. The highest BCUT2D eigenvalue weighted by molar-refractivity contribution is 9.10. The first-order chi connectivity index (χ1) is 11.5. The van der Waals surface area contributed by atoms with E-state index in [9.17, 15) is 13.5 Å². The summed E-state index contributed by atoms with van der Waals surface area (Å²) in [4.78, 5) is 12.2. The third-order valence-electron chi connectivity index (χ3n) is 3.44. The standard InChI is InChI=1S/C14H19BrN6O3S/c1-8(14(2,3)22)19-12-10(15)7-18-13(21-12)20-9-4-5-11(17-6-9)25(16,23)24/h4-8,22H,1-3H3,(H2,16,23,24)(H2,18,19,20,21)/t8-/m1/s1. The van der Waals surface area contributed by atoms with Crippen LogP contribution in [0, 0.1) is 0 Å². The van der Waals surface area contributed by atoms with Crippen molar-refractivity contribution >= 4 is 43.4 Å². The molecule has 0 saturated heterocycles. The van der Waals surface area contributed by atoms with E-state index in [4.69, 9.17) is 5.14 Å². The Bertz CT molecular complexity index is 852. The third kappa shape index (κ3) is 5.33. The maximum Gasteiger partial charge on any atom is 0.255 e. The molecular weight excluding hydrogens is 412 g/mol. The van der Waals surface area contributed by atoms with Gasteiger partial charge in [-0.15, -0.1) is 0 Å². The Balaban J connectivity index is 2.19. The second-order valence-corrected chi connectivity index (χ2v) is 8.33. The molecule has 0 unspecified atom stereocenters. The molecule has 0 spiro atoms. The van der Waals surface area contributed by atoms with E-state index in [0.29, 0.717) is 16.0 Å². The lowest BCUT2D eigenvalue weighted by Gasteiger charge is -2.27. The quantitative estimate of drug-likeness (QED) is 0.540. The molecule has 0 aliphatic rings. The summed E-state index contributed by atoms with van der Waals surface area (Å²) in [6.45, 7) is 5.22. The van der Waals surface area contributed by atoms with Crippen LogP contribution < -0.4 is 15.8 Å². The van der Waals surface area contributed by atoms with Crippen molar-refractivity contribution in [2.75, 3.05) is 10.6 Å². The lowest BCUT2D eigenvalue weighted by molar-refractivity contribution is 0.0647. The largest absolute Gasteiger partial charge is 0.388 e. The SMILES string of the molecule is C[C@@H](Nc1nc(Nc2ccc(S(N)(=O)=O)nc2)ncc1Br)C(C)(C)O. The van der Waals surface area contributed by atoms with Crippen molar-refractivity contribution in [1.29, 1.82) is 0 Å². The molecule has 25 heavy (non-hydrogen) atoms. The second-order valence-electron chi connectivity index (χ2n) is 5.96. The number of hydrogen-bond acceptors (Lipinski definition) is 8. The predicted octanol–water partition coefficient (Wildman–Crippen LogP) is 1.60. The van der Waals surface area contributed by atoms with Gasteiger partial charge in [-0.2, -0.15) is 4.98 Å². The minimum absolute atomic E-state index is 0.226. The van der Waals surface area contributed by atoms with Crippen molar-refractivity contribution in [2.45, 2.75) is 37.4 Å². The van der Waals surface area contributed by atoms with Crippen LogP contribution in [-0.4, -0.2) is 40.1 Å². The molecule has 9 nitrogen and oxygen atoms in total. The zero-order valence-electron chi connectivity index (χ0n) is 13.9. The van der Waals surface area contributed by atoms with Crippen molar-refractivity contribution in [2.24, 2.45) is 5.14 Å². The van der Waals surface area contributed by atoms with Gasteiger partial charge in [0.15, 0.2) is 5.03 Å². The number of anilines is 3. The Labute approximate surface area is 154 Å². The molecule has 0 radical (unpaired) electrons. The molecule has 2 aromatic heterocycles. The second kappa shape index (κ2) is 7.20. The van der Waals surface area contributed by atoms with Crippen molar-refractivity contribution in [1.82, 2.24) is 15.0 Å². The van der Waals surface area contributed by atoms with Crippen LogP contribution in [0.4, 0.5) is 17.5 Å². The van der Waals surface area contributed by atoms with Gasteiger partial charge in [-0.1, -0.05) is 0 Å². The molecule has 1 atom stereocenters. The lowest BCUT2D eigenvalue weighted by atomic mass is 10.0. The molecule has 5 N–H and O–H groups in total. The van der Waals surface area contributed by atoms with E-state index in [1.165, 1.54) is 18.3 Å². The van der Waals surface area contributed by atoms with Crippen molar-refractivity contribution in [3.63, 3.8) is 0 Å². The third-order valence-corrected chi connectivity index (χ3v) is 4.85. The molecule has 2 rings (SSSR count). The number of rotatable bonds is 6. The molecule has 0 aliphatic heterocycles. The minimum atomic E-state index is -3.84. The van der Waals surface area contributed by atoms with Crippen LogP contribution in [0.1, 0.15) is 20.8 Å². The number of nitrogens with two attached hydrogens (primary N) is 1. The topological polar surface area (TPSA) is 143 Å². The molecule has 0 amide bonds. The van der Waals surface area contributed by atoms with Crippen molar-refractivity contribution in [3.05, 3.63) is 29.0 Å². The fourth-order valence-corrected chi connectivity index (χ4v) is 2.42. The van der Waals surface area contributed by atoms with E-state index >= 15 is 0 Å². The highest BCUT2D eigenvalue weighted by Crippen LogP contribution is 2.24. The van der Waals surface area contributed by atoms with E-state index in [-0.39, 0.29) is 17.0 Å². The Kier molecular flexibility index (Phi) is 5.62. The molecule has 0 fully saturated rings. The number of hydrogen-bond donors (Lipinski definition) is 4. The van der Waals surface area contributed by atoms with Crippen LogP contribution in [0.3, 0.4) is 0 Å². The molecule has 2 heterocycles. The molecule has 0 aliphatic carbocycles. The number of primary sulfonamides is 1. The number of pyridine rings is 1. The van der Waals surface area contributed by atoms with Crippen LogP contribution in [0.25, 0.3) is 0 Å². The zero-order chi connectivity index (χ0) is 18.8. The van der Waals surface area contributed by atoms with Gasteiger partial charge in [0.25, 0.3) is 10.0 Å². The van der Waals surface area contributed by atoms with E-state index in [0.717, 1.165) is 0 Å². The van der Waals surface area contributed by atoms with Gasteiger partial charge in [-0.05, 0) is 48.8 Å². The summed E-state index contributed by atoms with van der Waals surface area (Å²) in [5.41, 5.74) is -0.443. The van der Waals surface area contributed by atoms with Crippen LogP contribution in [-0.2, 0) is 10.0 Å². The first-order valence-corrected chi connectivity index (χ1v) is 9.58. The average molecular weight is 431 g/mol. The van der Waals surface area contributed by atoms with Gasteiger partial charge in [0, 0.05) is 6.20 Å². The van der Waals surface area contributed by atoms with Gasteiger partial charge in [0.05, 0.1) is 28.0 Å². The molecule has 0 aromatic carbocycles. The smallest absolute Gasteiger partial charge is 0.255 e. The summed E-state index contributed by atoms with van der Waals surface area (Å²) < 4.78 is 23.0. The van der Waals surface area contributed by atoms with Crippen LogP contribution in [0.5, 0.6) is 0 Å². The Morgan fingerprint density at radius 1 is 1.28 bits per heavy atom. The maximum absolute atomic E-state index is 11.2. The Morgan fingerprint density at radius 3 is 2.48 bits per heavy atom. The van der Waals surface area contributed by atoms with E-state index in [1.54, 1.807) is 20.0 Å². The maximum atomic E-state index is 11.2. The monoisotopic (exact) mass is 430 g/mol. The number of aromatic nitrogens is 3. The molecule has 0 bridgehead atoms. The number of nitrogens with one attached hydrogen (secondary N) is 2. The fraction of sp³-hybridized carbons (Fsp3) is 0.357. The van der Waals surface area contributed by atoms with E-state index in [1.807, 2.05) is 6.92 Å². The Morgan fingerprint density at radius 2 is 1.96 bits per heavy atom. The number of nitrogens with zero attached hydrogens (tertiary/aromatic N) is 3. The molecule has 11 heteroatoms. The van der Waals surface area contributed by atoms with Crippen molar-refractivity contribution in [3.8, 4) is 0 Å². The first-order valence-electron chi connectivity index (χ1n) is 7.24. The van der Waals surface area contributed by atoms with E-state index < -0.39 is 15.6 Å². The van der Waals surface area contributed by atoms with Crippen molar-refractivity contribution < 1.29 is 13.5 Å². The van der Waals surface area contributed by atoms with Gasteiger partial charge in [0.2, 0.25) is 5.95 Å². The minimum Gasteiger partial charge on any atom is -0.388 e. The highest BCUT2D eigenvalue weighted by atomic mass is 79.9. The number of aliphatic hydroxyl groups is 1. The molecule has 0 saturated carbocycles. The zero-order valence-corrected chi connectivity index (χ0v) is 16.3. The highest BCUT2D eigenvalue weighted by Gasteiger charge is 2.23. The van der Waals surface area contributed by atoms with Crippen LogP contribution >= 0.6 is 15.9 Å². The molecular formula is C14H19BrN6O3S. The Hall–Kier alpha value is -1.82. The van der Waals surface area contributed by atoms with Gasteiger partial charge in [-0.25, -0.2) is 23.5 Å². The van der Waals surface area contributed by atoms with Crippen LogP contribution in [0.2, 0.25) is 0 Å². The normalized spacial score (nSPS) is 13.4. The summed E-state index contributed by atoms with van der Waals surface area (Å²) in [6, 6.07) is 2.53. The summed E-state index contributed by atoms with van der Waals surface area (Å²) in [7, 11) is -3.84. The summed E-state index contributed by atoms with van der Waals surface area (Å²) in [6.07, 6.45) is 2.87. The van der Waals surface area contributed by atoms with Gasteiger partial charge < -0.3 is 15.7 Å². The summed E-state index contributed by atoms with van der Waals surface area (Å²) >= 11 is 3.35. The predicted molar refractivity (Wildman–Crippen MR) is 98.0 cm³/mol. The fourth-order valence-electron chi connectivity index (χ4n) is 1.66. The summed E-state index contributed by atoms with van der Waals surface area (Å²) in [5, 5.41) is 20.8. The first kappa shape index (κ1) is 19.5. The number of sulfonamides is 1. The van der Waals surface area contributed by atoms with Crippen LogP contribution in [0.15, 0.2) is 34.0 Å². The summed E-state index contributed by atoms with van der Waals surface area (Å²) in [5.74, 6) is 0.778. The number of halogens is 1. The molecule has 2 aromatic rings. The lowest BCUT2D eigenvalue weighted by Crippen LogP contribution is -2.39.